The van der Waals surface area contributed by atoms with Gasteiger partial charge in [-0.25, -0.2) is 0 Å². The molecule has 2 N–H and O–H groups in total. The van der Waals surface area contributed by atoms with Gasteiger partial charge in [0.25, 0.3) is 0 Å². The maximum Gasteiger partial charge on any atom is 0.471 e. The average molecular weight is 226 g/mol. The Morgan fingerprint density at radius 3 is 1.93 bits per heavy atom. The molecule has 0 rings (SSSR count). The van der Waals surface area contributed by atoms with Crippen LogP contribution in [0.15, 0.2) is 0 Å². The van der Waals surface area contributed by atoms with E-state index in [9.17, 15) is 27.6 Å². The van der Waals surface area contributed by atoms with Crippen molar-refractivity contribution in [2.45, 2.75) is 13.1 Å². The standard InChI is InChI=1S/C7H9F3N2O3/c1-4(13)11-2-5(14)3-12-6(15)7(8,9)10/h2-3H2,1H3,(H,11,13)(H,12,15). The highest BCUT2D eigenvalue weighted by atomic mass is 19.4. The number of hydrogen-bond acceptors (Lipinski definition) is 3. The topological polar surface area (TPSA) is 75.3 Å². The molecule has 2 amide bonds. The van der Waals surface area contributed by atoms with Crippen molar-refractivity contribution >= 4 is 17.6 Å². The van der Waals surface area contributed by atoms with E-state index in [1.54, 1.807) is 0 Å². The van der Waals surface area contributed by atoms with E-state index in [1.807, 2.05) is 0 Å². The molecule has 0 spiro atoms. The molecule has 0 saturated carbocycles. The summed E-state index contributed by atoms with van der Waals surface area (Å²) >= 11 is 0. The Morgan fingerprint density at radius 1 is 1.07 bits per heavy atom. The van der Waals surface area contributed by atoms with Crippen LogP contribution in [0.1, 0.15) is 6.92 Å². The minimum atomic E-state index is -5.01. The van der Waals surface area contributed by atoms with Gasteiger partial charge in [0.05, 0.1) is 13.1 Å². The minimum absolute atomic E-state index is 0.409. The molecule has 8 heteroatoms. The molecule has 0 aliphatic rings. The van der Waals surface area contributed by atoms with Crippen molar-refractivity contribution in [2.24, 2.45) is 0 Å². The second-order valence-electron chi connectivity index (χ2n) is 2.63. The summed E-state index contributed by atoms with van der Waals surface area (Å²) in [6.07, 6.45) is -5.01. The SMILES string of the molecule is CC(=O)NCC(=O)CNC(=O)C(F)(F)F. The summed E-state index contributed by atoms with van der Waals surface area (Å²) in [4.78, 5) is 31.3. The molecule has 0 unspecified atom stereocenters. The third-order valence-electron chi connectivity index (χ3n) is 1.24. The van der Waals surface area contributed by atoms with Gasteiger partial charge in [-0.1, -0.05) is 0 Å². The Bertz CT molecular complexity index is 275. The first kappa shape index (κ1) is 13.4. The van der Waals surface area contributed by atoms with Crippen molar-refractivity contribution in [2.75, 3.05) is 13.1 Å². The molecule has 0 heterocycles. The van der Waals surface area contributed by atoms with Crippen LogP contribution in [0.25, 0.3) is 0 Å². The maximum absolute atomic E-state index is 11.6. The highest BCUT2D eigenvalue weighted by molar-refractivity contribution is 5.90. The van der Waals surface area contributed by atoms with Crippen molar-refractivity contribution in [3.8, 4) is 0 Å². The van der Waals surface area contributed by atoms with Crippen molar-refractivity contribution in [1.29, 1.82) is 0 Å². The van der Waals surface area contributed by atoms with E-state index in [-0.39, 0.29) is 0 Å². The average Bonchev–Trinajstić information content (AvgIpc) is 2.09. The van der Waals surface area contributed by atoms with E-state index < -0.39 is 36.9 Å². The van der Waals surface area contributed by atoms with Crippen LogP contribution in [0.5, 0.6) is 0 Å². The Hall–Kier alpha value is -1.60. The molecule has 5 nitrogen and oxygen atoms in total. The largest absolute Gasteiger partial charge is 0.471 e. The van der Waals surface area contributed by atoms with Gasteiger partial charge in [0.2, 0.25) is 5.91 Å². The summed E-state index contributed by atoms with van der Waals surface area (Å²) < 4.78 is 34.9. The molecule has 15 heavy (non-hydrogen) atoms. The molecule has 0 aliphatic heterocycles. The molecule has 0 radical (unpaired) electrons. The molecule has 0 saturated heterocycles. The van der Waals surface area contributed by atoms with Gasteiger partial charge in [0.15, 0.2) is 5.78 Å². The number of amides is 2. The lowest BCUT2D eigenvalue weighted by Gasteiger charge is -2.07. The Labute approximate surface area is 83.0 Å². The lowest BCUT2D eigenvalue weighted by Crippen LogP contribution is -2.42. The molecule has 0 atom stereocenters. The van der Waals surface area contributed by atoms with Crippen LogP contribution in [0.3, 0.4) is 0 Å². The zero-order chi connectivity index (χ0) is 12.1. The zero-order valence-electron chi connectivity index (χ0n) is 7.77. The fourth-order valence-electron chi connectivity index (χ4n) is 0.565. The molecule has 0 aromatic rings. The van der Waals surface area contributed by atoms with Crippen LogP contribution >= 0.6 is 0 Å². The molecular weight excluding hydrogens is 217 g/mol. The van der Waals surface area contributed by atoms with Crippen LogP contribution in [-0.2, 0) is 14.4 Å². The first-order chi connectivity index (χ1) is 6.73. The molecule has 0 bridgehead atoms. The first-order valence-corrected chi connectivity index (χ1v) is 3.84. The van der Waals surface area contributed by atoms with E-state index >= 15 is 0 Å². The van der Waals surface area contributed by atoms with E-state index in [0.29, 0.717) is 0 Å². The molecule has 0 fully saturated rings. The Balaban J connectivity index is 3.82. The molecular formula is C7H9F3N2O3. The van der Waals surface area contributed by atoms with Gasteiger partial charge in [-0.2, -0.15) is 13.2 Å². The summed E-state index contributed by atoms with van der Waals surface area (Å²) in [7, 11) is 0. The van der Waals surface area contributed by atoms with Crippen molar-refractivity contribution in [3.05, 3.63) is 0 Å². The number of Topliss-reactive ketones (excluding diaryl/α,β-unsaturated/α-hetero) is 1. The van der Waals surface area contributed by atoms with E-state index in [0.717, 1.165) is 6.92 Å². The number of alkyl halides is 3. The predicted octanol–water partition coefficient (Wildman–Crippen LogP) is -0.630. The zero-order valence-corrected chi connectivity index (χ0v) is 7.77. The summed E-state index contributed by atoms with van der Waals surface area (Å²) in [5.74, 6) is -3.38. The monoisotopic (exact) mass is 226 g/mol. The maximum atomic E-state index is 11.6. The summed E-state index contributed by atoms with van der Waals surface area (Å²) in [6, 6.07) is 0. The van der Waals surface area contributed by atoms with Gasteiger partial charge in [-0.3, -0.25) is 14.4 Å². The second-order valence-corrected chi connectivity index (χ2v) is 2.63. The van der Waals surface area contributed by atoms with Gasteiger partial charge < -0.3 is 10.6 Å². The van der Waals surface area contributed by atoms with Crippen molar-refractivity contribution in [1.82, 2.24) is 10.6 Å². The Kier molecular flexibility index (Phi) is 4.75. The summed E-state index contributed by atoms with van der Waals surface area (Å²) in [6.45, 7) is -0.0202. The predicted molar refractivity (Wildman–Crippen MR) is 42.8 cm³/mol. The fraction of sp³-hybridized carbons (Fsp3) is 0.571. The number of hydrogen-bond donors (Lipinski definition) is 2. The fourth-order valence-corrected chi connectivity index (χ4v) is 0.565. The van der Waals surface area contributed by atoms with Gasteiger partial charge in [-0.05, 0) is 0 Å². The van der Waals surface area contributed by atoms with Crippen LogP contribution in [-0.4, -0.2) is 36.9 Å². The molecule has 0 aliphatic carbocycles. The number of ketones is 1. The lowest BCUT2D eigenvalue weighted by molar-refractivity contribution is -0.173. The number of halogens is 3. The number of carbonyl (C=O) groups is 3. The third kappa shape index (κ3) is 6.47. The molecule has 0 aromatic carbocycles. The number of rotatable bonds is 4. The minimum Gasteiger partial charge on any atom is -0.349 e. The van der Waals surface area contributed by atoms with Crippen LogP contribution in [0.4, 0.5) is 13.2 Å². The number of nitrogens with one attached hydrogen (secondary N) is 2. The van der Waals surface area contributed by atoms with Gasteiger partial charge in [-0.15, -0.1) is 0 Å². The highest BCUT2D eigenvalue weighted by Gasteiger charge is 2.38. The Morgan fingerprint density at radius 2 is 1.53 bits per heavy atom. The van der Waals surface area contributed by atoms with Gasteiger partial charge >= 0.3 is 12.1 Å². The van der Waals surface area contributed by atoms with E-state index in [1.165, 1.54) is 5.32 Å². The van der Waals surface area contributed by atoms with Crippen molar-refractivity contribution in [3.63, 3.8) is 0 Å². The van der Waals surface area contributed by atoms with E-state index in [2.05, 4.69) is 5.32 Å². The number of carbonyl (C=O) groups excluding carboxylic acids is 3. The van der Waals surface area contributed by atoms with Gasteiger partial charge in [0, 0.05) is 6.92 Å². The summed E-state index contributed by atoms with van der Waals surface area (Å²) in [5, 5.41) is 3.47. The smallest absolute Gasteiger partial charge is 0.349 e. The van der Waals surface area contributed by atoms with Gasteiger partial charge in [0.1, 0.15) is 0 Å². The van der Waals surface area contributed by atoms with E-state index in [4.69, 9.17) is 0 Å². The first-order valence-electron chi connectivity index (χ1n) is 3.84. The van der Waals surface area contributed by atoms with Crippen LogP contribution < -0.4 is 10.6 Å². The normalized spacial score (nSPS) is 10.7. The summed E-state index contributed by atoms with van der Waals surface area (Å²) in [5.41, 5.74) is 0. The quantitative estimate of drug-likeness (QED) is 0.670. The highest BCUT2D eigenvalue weighted by Crippen LogP contribution is 2.13. The van der Waals surface area contributed by atoms with Crippen LogP contribution in [0.2, 0.25) is 0 Å². The second kappa shape index (κ2) is 5.32. The molecule has 0 aromatic heterocycles. The van der Waals surface area contributed by atoms with Crippen LogP contribution in [0, 0.1) is 0 Å². The van der Waals surface area contributed by atoms with Crippen molar-refractivity contribution < 1.29 is 27.6 Å². The molecule has 86 valence electrons. The lowest BCUT2D eigenvalue weighted by atomic mass is 10.3. The third-order valence-corrected chi connectivity index (χ3v) is 1.24.